The van der Waals surface area contributed by atoms with E-state index in [1.54, 1.807) is 13.8 Å². The van der Waals surface area contributed by atoms with Crippen molar-refractivity contribution in [2.75, 3.05) is 6.61 Å². The van der Waals surface area contributed by atoms with Crippen molar-refractivity contribution in [3.63, 3.8) is 0 Å². The lowest BCUT2D eigenvalue weighted by molar-refractivity contribution is -0.0454. The van der Waals surface area contributed by atoms with Crippen LogP contribution in [0.1, 0.15) is 53.9 Å². The summed E-state index contributed by atoms with van der Waals surface area (Å²) in [4.78, 5) is 12.8. The number of nitrogens with zero attached hydrogens (tertiary/aromatic N) is 1. The lowest BCUT2D eigenvalue weighted by Crippen LogP contribution is -2.51. The Bertz CT molecular complexity index is 464. The molecule has 1 unspecified atom stereocenters. The molecule has 3 atom stereocenters. The van der Waals surface area contributed by atoms with Crippen LogP contribution in [0, 0.1) is 11.3 Å². The topological polar surface area (TPSA) is 70.0 Å². The summed E-state index contributed by atoms with van der Waals surface area (Å²) in [6.07, 6.45) is 3.09. The van der Waals surface area contributed by atoms with E-state index in [-0.39, 0.29) is 12.0 Å². The first-order chi connectivity index (χ1) is 10.0. The highest BCUT2D eigenvalue weighted by Gasteiger charge is 2.47. The standard InChI is InChI=1S/C17H29NO4/c1-16(2,3)12-8-6-11(7-9-12)14(19)13-10-22-17(4,5)18(13)15(20)21/h6,12-14,19H,7-10H2,1-5H3,(H,20,21)/t12-,13-,14?/m0/s1. The van der Waals surface area contributed by atoms with Gasteiger partial charge < -0.3 is 14.9 Å². The molecule has 0 bridgehead atoms. The van der Waals surface area contributed by atoms with Crippen molar-refractivity contribution >= 4 is 6.09 Å². The van der Waals surface area contributed by atoms with Crippen molar-refractivity contribution in [3.8, 4) is 0 Å². The van der Waals surface area contributed by atoms with Gasteiger partial charge in [-0.15, -0.1) is 0 Å². The van der Waals surface area contributed by atoms with Crippen molar-refractivity contribution in [2.24, 2.45) is 11.3 Å². The third kappa shape index (κ3) is 3.30. The molecule has 1 amide bonds. The number of ether oxygens (including phenoxy) is 1. The fourth-order valence-electron chi connectivity index (χ4n) is 3.59. The predicted molar refractivity (Wildman–Crippen MR) is 84.6 cm³/mol. The molecular formula is C17H29NO4. The number of hydrogen-bond acceptors (Lipinski definition) is 3. The molecule has 2 aliphatic rings. The molecule has 0 aromatic heterocycles. The van der Waals surface area contributed by atoms with E-state index < -0.39 is 24.0 Å². The maximum Gasteiger partial charge on any atom is 0.410 e. The monoisotopic (exact) mass is 311 g/mol. The van der Waals surface area contributed by atoms with Crippen molar-refractivity contribution in [2.45, 2.75) is 71.8 Å². The van der Waals surface area contributed by atoms with Gasteiger partial charge in [-0.3, -0.25) is 4.90 Å². The SMILES string of the molecule is CC(C)(C)[C@H]1CC=C(C(O)[C@@H]2COC(C)(C)N2C(=O)O)CC1. The summed E-state index contributed by atoms with van der Waals surface area (Å²) in [6, 6.07) is -0.523. The molecule has 2 N–H and O–H groups in total. The zero-order valence-corrected chi connectivity index (χ0v) is 14.3. The summed E-state index contributed by atoms with van der Waals surface area (Å²) in [7, 11) is 0. The van der Waals surface area contributed by atoms with Crippen molar-refractivity contribution in [1.82, 2.24) is 4.90 Å². The summed E-state index contributed by atoms with van der Waals surface area (Å²) in [5.74, 6) is 0.607. The van der Waals surface area contributed by atoms with Crippen LogP contribution in [0.3, 0.4) is 0 Å². The number of allylic oxidation sites excluding steroid dienone is 1. The van der Waals surface area contributed by atoms with Gasteiger partial charge in [0.2, 0.25) is 0 Å². The van der Waals surface area contributed by atoms with Gasteiger partial charge in [0.25, 0.3) is 0 Å². The first-order valence-corrected chi connectivity index (χ1v) is 8.07. The molecule has 1 fully saturated rings. The molecule has 0 aromatic carbocycles. The number of carbonyl (C=O) groups is 1. The molecule has 0 spiro atoms. The lowest BCUT2D eigenvalue weighted by atomic mass is 9.72. The van der Waals surface area contributed by atoms with E-state index in [0.29, 0.717) is 5.92 Å². The summed E-state index contributed by atoms with van der Waals surface area (Å²) in [6.45, 7) is 10.4. The van der Waals surface area contributed by atoms with Crippen LogP contribution in [-0.4, -0.2) is 45.7 Å². The first-order valence-electron chi connectivity index (χ1n) is 8.07. The Morgan fingerprint density at radius 1 is 1.45 bits per heavy atom. The molecule has 1 aliphatic carbocycles. The Balaban J connectivity index is 2.11. The van der Waals surface area contributed by atoms with E-state index in [1.165, 1.54) is 4.90 Å². The Labute approximate surface area is 133 Å². The molecule has 1 heterocycles. The number of rotatable bonds is 2. The highest BCUT2D eigenvalue weighted by Crippen LogP contribution is 2.39. The summed E-state index contributed by atoms with van der Waals surface area (Å²) in [5.41, 5.74) is 0.331. The van der Waals surface area contributed by atoms with Crippen LogP contribution in [0.15, 0.2) is 11.6 Å². The Hall–Kier alpha value is -1.07. The number of aliphatic hydroxyl groups excluding tert-OH is 1. The fourth-order valence-corrected chi connectivity index (χ4v) is 3.59. The predicted octanol–water partition coefficient (Wildman–Crippen LogP) is 3.23. The van der Waals surface area contributed by atoms with E-state index in [9.17, 15) is 15.0 Å². The minimum Gasteiger partial charge on any atom is -0.465 e. The first kappa shape index (κ1) is 17.3. The number of hydrogen-bond donors (Lipinski definition) is 2. The Kier molecular flexibility index (Phi) is 4.60. The molecule has 22 heavy (non-hydrogen) atoms. The third-order valence-corrected chi connectivity index (χ3v) is 5.14. The maximum absolute atomic E-state index is 11.5. The van der Waals surface area contributed by atoms with Crippen LogP contribution in [0.5, 0.6) is 0 Å². The molecule has 2 rings (SSSR count). The van der Waals surface area contributed by atoms with E-state index in [4.69, 9.17) is 4.74 Å². The van der Waals surface area contributed by atoms with E-state index >= 15 is 0 Å². The van der Waals surface area contributed by atoms with Crippen molar-refractivity contribution in [3.05, 3.63) is 11.6 Å². The number of carboxylic acid groups (broad SMARTS) is 1. The van der Waals surface area contributed by atoms with Gasteiger partial charge in [0.05, 0.1) is 18.8 Å². The smallest absolute Gasteiger partial charge is 0.410 e. The van der Waals surface area contributed by atoms with Crippen LogP contribution in [0.25, 0.3) is 0 Å². The second-order valence-electron chi connectivity index (χ2n) is 8.04. The van der Waals surface area contributed by atoms with Crippen LogP contribution >= 0.6 is 0 Å². The third-order valence-electron chi connectivity index (χ3n) is 5.14. The highest BCUT2D eigenvalue weighted by molar-refractivity contribution is 5.67. The van der Waals surface area contributed by atoms with Crippen LogP contribution in [0.2, 0.25) is 0 Å². The molecule has 0 radical (unpaired) electrons. The average Bonchev–Trinajstić information content (AvgIpc) is 2.72. The quantitative estimate of drug-likeness (QED) is 0.768. The van der Waals surface area contributed by atoms with Crippen molar-refractivity contribution < 1.29 is 19.7 Å². The molecule has 1 saturated heterocycles. The molecule has 5 heteroatoms. The van der Waals surface area contributed by atoms with Gasteiger partial charge in [-0.05, 0) is 50.0 Å². The van der Waals surface area contributed by atoms with Crippen LogP contribution in [0.4, 0.5) is 4.79 Å². The lowest BCUT2D eigenvalue weighted by Gasteiger charge is -2.37. The normalized spacial score (nSPS) is 30.1. The average molecular weight is 311 g/mol. The van der Waals surface area contributed by atoms with Gasteiger partial charge in [-0.2, -0.15) is 0 Å². The zero-order valence-electron chi connectivity index (χ0n) is 14.3. The number of aliphatic hydroxyl groups is 1. The largest absolute Gasteiger partial charge is 0.465 e. The molecule has 1 aliphatic heterocycles. The highest BCUT2D eigenvalue weighted by atomic mass is 16.5. The van der Waals surface area contributed by atoms with Gasteiger partial charge in [-0.1, -0.05) is 26.8 Å². The number of amides is 1. The minimum atomic E-state index is -1.05. The molecular weight excluding hydrogens is 282 g/mol. The van der Waals surface area contributed by atoms with Gasteiger partial charge in [0.15, 0.2) is 0 Å². The van der Waals surface area contributed by atoms with E-state index in [2.05, 4.69) is 26.8 Å². The van der Waals surface area contributed by atoms with Gasteiger partial charge >= 0.3 is 6.09 Å². The second-order valence-corrected chi connectivity index (χ2v) is 8.04. The van der Waals surface area contributed by atoms with E-state index in [1.807, 2.05) is 0 Å². The summed E-state index contributed by atoms with van der Waals surface area (Å²) < 4.78 is 5.57. The molecule has 5 nitrogen and oxygen atoms in total. The fraction of sp³-hybridized carbons (Fsp3) is 0.824. The van der Waals surface area contributed by atoms with Crippen LogP contribution in [-0.2, 0) is 4.74 Å². The van der Waals surface area contributed by atoms with E-state index in [0.717, 1.165) is 24.8 Å². The molecule has 126 valence electrons. The van der Waals surface area contributed by atoms with Gasteiger partial charge in [0.1, 0.15) is 5.72 Å². The van der Waals surface area contributed by atoms with Crippen molar-refractivity contribution in [1.29, 1.82) is 0 Å². The van der Waals surface area contributed by atoms with Crippen LogP contribution < -0.4 is 0 Å². The summed E-state index contributed by atoms with van der Waals surface area (Å²) >= 11 is 0. The zero-order chi connectivity index (χ0) is 16.7. The Morgan fingerprint density at radius 2 is 2.09 bits per heavy atom. The Morgan fingerprint density at radius 3 is 2.55 bits per heavy atom. The van der Waals surface area contributed by atoms with Gasteiger partial charge in [-0.25, -0.2) is 4.79 Å². The molecule has 0 aromatic rings. The van der Waals surface area contributed by atoms with Gasteiger partial charge in [0, 0.05) is 0 Å². The second kappa shape index (κ2) is 5.85. The minimum absolute atomic E-state index is 0.237. The maximum atomic E-state index is 11.5. The summed E-state index contributed by atoms with van der Waals surface area (Å²) in [5, 5.41) is 20.1. The molecule has 0 saturated carbocycles.